The molecule has 1 saturated heterocycles. The number of aromatic nitrogens is 1. The quantitative estimate of drug-likeness (QED) is 0.889. The van der Waals surface area contributed by atoms with E-state index in [-0.39, 0.29) is 12.0 Å². The van der Waals surface area contributed by atoms with E-state index in [2.05, 4.69) is 16.0 Å². The molecule has 0 spiro atoms. The van der Waals surface area contributed by atoms with Crippen LogP contribution in [0.25, 0.3) is 0 Å². The smallest absolute Gasteiger partial charge is 0.272 e. The van der Waals surface area contributed by atoms with Crippen LogP contribution in [0, 0.1) is 24.2 Å². The highest BCUT2D eigenvalue weighted by atomic mass is 16.3. The molecule has 1 saturated carbocycles. The first kappa shape index (κ1) is 15.9. The van der Waals surface area contributed by atoms with Gasteiger partial charge in [-0.1, -0.05) is 0 Å². The van der Waals surface area contributed by atoms with E-state index in [0.29, 0.717) is 42.5 Å². The van der Waals surface area contributed by atoms with Crippen LogP contribution in [0.3, 0.4) is 0 Å². The SMILES string of the molecule is Cc1nc(C(=O)N2CCN(CC(O)C3CC3)CC2)ccc1C#N. The molecule has 0 aromatic carbocycles. The summed E-state index contributed by atoms with van der Waals surface area (Å²) in [5.41, 5.74) is 1.48. The van der Waals surface area contributed by atoms with Crippen molar-refractivity contribution in [3.8, 4) is 6.07 Å². The van der Waals surface area contributed by atoms with Gasteiger partial charge in [-0.2, -0.15) is 5.26 Å². The highest BCUT2D eigenvalue weighted by molar-refractivity contribution is 5.92. The number of aliphatic hydroxyl groups is 1. The predicted molar refractivity (Wildman–Crippen MR) is 84.8 cm³/mol. The Labute approximate surface area is 136 Å². The number of aliphatic hydroxyl groups excluding tert-OH is 1. The number of carbonyl (C=O) groups is 1. The largest absolute Gasteiger partial charge is 0.392 e. The molecule has 1 unspecified atom stereocenters. The van der Waals surface area contributed by atoms with Crippen LogP contribution in [0.15, 0.2) is 12.1 Å². The fourth-order valence-electron chi connectivity index (χ4n) is 2.99. The van der Waals surface area contributed by atoms with Crippen molar-refractivity contribution in [1.82, 2.24) is 14.8 Å². The Balaban J connectivity index is 1.55. The van der Waals surface area contributed by atoms with Crippen LogP contribution in [0.2, 0.25) is 0 Å². The number of amides is 1. The van der Waals surface area contributed by atoms with Crippen molar-refractivity contribution < 1.29 is 9.90 Å². The molecule has 2 heterocycles. The molecule has 1 aliphatic carbocycles. The lowest BCUT2D eigenvalue weighted by Gasteiger charge is -2.35. The fraction of sp³-hybridized carbons (Fsp3) is 0.588. The number of nitriles is 1. The Morgan fingerprint density at radius 1 is 1.39 bits per heavy atom. The molecule has 1 aliphatic heterocycles. The van der Waals surface area contributed by atoms with Crippen molar-refractivity contribution in [1.29, 1.82) is 5.26 Å². The molecule has 1 N–H and O–H groups in total. The molecule has 0 radical (unpaired) electrons. The summed E-state index contributed by atoms with van der Waals surface area (Å²) in [5, 5.41) is 18.9. The van der Waals surface area contributed by atoms with Crippen LogP contribution in [-0.4, -0.2) is 64.6 Å². The second-order valence-electron chi connectivity index (χ2n) is 6.44. The molecule has 2 fully saturated rings. The molecule has 1 aromatic rings. The minimum Gasteiger partial charge on any atom is -0.392 e. The summed E-state index contributed by atoms with van der Waals surface area (Å²) in [4.78, 5) is 20.8. The van der Waals surface area contributed by atoms with E-state index in [1.54, 1.807) is 24.0 Å². The van der Waals surface area contributed by atoms with Gasteiger partial charge in [-0.3, -0.25) is 9.69 Å². The molecule has 122 valence electrons. The van der Waals surface area contributed by atoms with E-state index < -0.39 is 0 Å². The zero-order valence-corrected chi connectivity index (χ0v) is 13.4. The summed E-state index contributed by atoms with van der Waals surface area (Å²) < 4.78 is 0. The number of β-amino-alcohol motifs (C(OH)–C–C–N with tert-alkyl or cyclic N) is 1. The third kappa shape index (κ3) is 3.69. The summed E-state index contributed by atoms with van der Waals surface area (Å²) in [7, 11) is 0. The van der Waals surface area contributed by atoms with Gasteiger partial charge in [0.05, 0.1) is 17.4 Å². The van der Waals surface area contributed by atoms with Gasteiger partial charge in [0.1, 0.15) is 11.8 Å². The Morgan fingerprint density at radius 3 is 2.65 bits per heavy atom. The van der Waals surface area contributed by atoms with E-state index in [9.17, 15) is 9.90 Å². The third-order valence-electron chi connectivity index (χ3n) is 4.70. The predicted octanol–water partition coefficient (Wildman–Crippen LogP) is 0.790. The highest BCUT2D eigenvalue weighted by Gasteiger charge is 2.32. The van der Waals surface area contributed by atoms with Gasteiger partial charge in [0, 0.05) is 32.7 Å². The third-order valence-corrected chi connectivity index (χ3v) is 4.70. The molecule has 1 amide bonds. The molecule has 1 aromatic heterocycles. The Morgan fingerprint density at radius 2 is 2.09 bits per heavy atom. The molecule has 0 bridgehead atoms. The topological polar surface area (TPSA) is 80.5 Å². The minimum absolute atomic E-state index is 0.0834. The van der Waals surface area contributed by atoms with E-state index in [4.69, 9.17) is 5.26 Å². The van der Waals surface area contributed by atoms with E-state index in [0.717, 1.165) is 25.9 Å². The summed E-state index contributed by atoms with van der Waals surface area (Å²) >= 11 is 0. The van der Waals surface area contributed by atoms with Gasteiger partial charge in [0.2, 0.25) is 0 Å². The maximum Gasteiger partial charge on any atom is 0.272 e. The van der Waals surface area contributed by atoms with Crippen molar-refractivity contribution in [3.05, 3.63) is 29.1 Å². The lowest BCUT2D eigenvalue weighted by atomic mass is 10.1. The monoisotopic (exact) mass is 314 g/mol. The molecule has 6 nitrogen and oxygen atoms in total. The average molecular weight is 314 g/mol. The van der Waals surface area contributed by atoms with Crippen molar-refractivity contribution in [2.75, 3.05) is 32.7 Å². The van der Waals surface area contributed by atoms with Crippen LogP contribution in [-0.2, 0) is 0 Å². The molecule has 6 heteroatoms. The van der Waals surface area contributed by atoms with E-state index in [1.807, 2.05) is 0 Å². The summed E-state index contributed by atoms with van der Waals surface area (Å²) in [5.74, 6) is 0.403. The van der Waals surface area contributed by atoms with Gasteiger partial charge in [-0.05, 0) is 37.8 Å². The molecule has 1 atom stereocenters. The van der Waals surface area contributed by atoms with Crippen LogP contribution in [0.5, 0.6) is 0 Å². The Kier molecular flexibility index (Phi) is 4.60. The molecular weight excluding hydrogens is 292 g/mol. The van der Waals surface area contributed by atoms with Crippen molar-refractivity contribution in [2.24, 2.45) is 5.92 Å². The van der Waals surface area contributed by atoms with Crippen molar-refractivity contribution >= 4 is 5.91 Å². The number of carbonyl (C=O) groups excluding carboxylic acids is 1. The first-order chi connectivity index (χ1) is 11.1. The first-order valence-electron chi connectivity index (χ1n) is 8.16. The van der Waals surface area contributed by atoms with Crippen LogP contribution < -0.4 is 0 Å². The van der Waals surface area contributed by atoms with Gasteiger partial charge in [-0.25, -0.2) is 4.98 Å². The highest BCUT2D eigenvalue weighted by Crippen LogP contribution is 2.32. The Hall–Kier alpha value is -1.97. The average Bonchev–Trinajstić information content (AvgIpc) is 3.40. The second-order valence-corrected chi connectivity index (χ2v) is 6.44. The lowest BCUT2D eigenvalue weighted by Crippen LogP contribution is -2.50. The number of rotatable bonds is 4. The van der Waals surface area contributed by atoms with Gasteiger partial charge in [0.15, 0.2) is 0 Å². The normalized spacial score (nSPS) is 20.1. The van der Waals surface area contributed by atoms with Crippen molar-refractivity contribution in [2.45, 2.75) is 25.9 Å². The minimum atomic E-state index is -0.222. The second kappa shape index (κ2) is 6.65. The standard InChI is InChI=1S/C17H22N4O2/c1-12-14(10-18)4-5-15(19-12)17(23)21-8-6-20(7-9-21)11-16(22)13-2-3-13/h4-5,13,16,22H,2-3,6-9,11H2,1H3. The fourth-order valence-corrected chi connectivity index (χ4v) is 2.99. The van der Waals surface area contributed by atoms with E-state index >= 15 is 0 Å². The number of aryl methyl sites for hydroxylation is 1. The summed E-state index contributed by atoms with van der Waals surface area (Å²) in [6, 6.07) is 5.33. The van der Waals surface area contributed by atoms with Crippen LogP contribution in [0.1, 0.15) is 34.6 Å². The summed E-state index contributed by atoms with van der Waals surface area (Å²) in [6.45, 7) is 5.32. The zero-order chi connectivity index (χ0) is 16.4. The zero-order valence-electron chi connectivity index (χ0n) is 13.4. The number of nitrogens with zero attached hydrogens (tertiary/aromatic N) is 4. The van der Waals surface area contributed by atoms with Gasteiger partial charge in [0.25, 0.3) is 5.91 Å². The number of pyridine rings is 1. The summed E-state index contributed by atoms with van der Waals surface area (Å²) in [6.07, 6.45) is 2.06. The number of hydrogen-bond acceptors (Lipinski definition) is 5. The van der Waals surface area contributed by atoms with Gasteiger partial charge < -0.3 is 10.0 Å². The number of hydrogen-bond donors (Lipinski definition) is 1. The van der Waals surface area contributed by atoms with Crippen LogP contribution >= 0.6 is 0 Å². The maximum absolute atomic E-state index is 12.5. The molecule has 23 heavy (non-hydrogen) atoms. The van der Waals surface area contributed by atoms with Gasteiger partial charge in [-0.15, -0.1) is 0 Å². The Bertz CT molecular complexity index is 628. The molecular formula is C17H22N4O2. The number of piperazine rings is 1. The van der Waals surface area contributed by atoms with Crippen molar-refractivity contribution in [3.63, 3.8) is 0 Å². The van der Waals surface area contributed by atoms with E-state index in [1.165, 1.54) is 0 Å². The molecule has 2 aliphatic rings. The lowest BCUT2D eigenvalue weighted by molar-refractivity contribution is 0.0484. The maximum atomic E-state index is 12.5. The van der Waals surface area contributed by atoms with Gasteiger partial charge >= 0.3 is 0 Å². The first-order valence-corrected chi connectivity index (χ1v) is 8.16. The molecule has 3 rings (SSSR count). The van der Waals surface area contributed by atoms with Crippen LogP contribution in [0.4, 0.5) is 0 Å².